The van der Waals surface area contributed by atoms with E-state index in [0.717, 1.165) is 34.0 Å². The highest BCUT2D eigenvalue weighted by Crippen LogP contribution is 2.34. The summed E-state index contributed by atoms with van der Waals surface area (Å²) in [6.45, 7) is 4.17. The molecule has 6 nitrogen and oxygen atoms in total. The number of thioether (sulfide) groups is 1. The predicted octanol–water partition coefficient (Wildman–Crippen LogP) is 5.86. The second kappa shape index (κ2) is 9.12. The average molecular weight is 488 g/mol. The van der Waals surface area contributed by atoms with E-state index in [1.165, 1.54) is 22.0 Å². The number of amides is 1. The molecule has 0 radical (unpaired) electrons. The Balaban J connectivity index is 1.54. The molecule has 3 aromatic heterocycles. The number of para-hydroxylation sites is 1. The summed E-state index contributed by atoms with van der Waals surface area (Å²) in [7, 11) is 3.85. The molecule has 34 heavy (non-hydrogen) atoms. The van der Waals surface area contributed by atoms with Crippen LogP contribution in [0.15, 0.2) is 71.2 Å². The van der Waals surface area contributed by atoms with E-state index < -0.39 is 0 Å². The van der Waals surface area contributed by atoms with Crippen LogP contribution in [0.3, 0.4) is 0 Å². The molecule has 1 amide bonds. The molecule has 0 aliphatic carbocycles. The zero-order chi connectivity index (χ0) is 23.8. The number of aromatic nitrogens is 4. The molecule has 0 fully saturated rings. The molecule has 0 bridgehead atoms. The monoisotopic (exact) mass is 487 g/mol. The zero-order valence-electron chi connectivity index (χ0n) is 19.5. The molecule has 0 saturated heterocycles. The third-order valence-electron chi connectivity index (χ3n) is 5.97. The summed E-state index contributed by atoms with van der Waals surface area (Å²) < 4.78 is 5.45. The average Bonchev–Trinajstić information content (AvgIpc) is 3.55. The van der Waals surface area contributed by atoms with E-state index in [2.05, 4.69) is 75.9 Å². The second-order valence-corrected chi connectivity index (χ2v) is 10.2. The van der Waals surface area contributed by atoms with Crippen molar-refractivity contribution in [1.29, 1.82) is 0 Å². The van der Waals surface area contributed by atoms with Gasteiger partial charge in [-0.15, -0.1) is 21.5 Å². The van der Waals surface area contributed by atoms with Crippen LogP contribution in [-0.4, -0.2) is 38.0 Å². The first-order valence-electron chi connectivity index (χ1n) is 10.9. The smallest absolute Gasteiger partial charge is 0.237 e. The molecule has 0 aliphatic heterocycles. The van der Waals surface area contributed by atoms with Crippen molar-refractivity contribution in [2.45, 2.75) is 19.0 Å². The summed E-state index contributed by atoms with van der Waals surface area (Å²) in [6.07, 6.45) is 0. The minimum absolute atomic E-state index is 0.00708. The van der Waals surface area contributed by atoms with Crippen molar-refractivity contribution < 1.29 is 4.79 Å². The lowest BCUT2D eigenvalue weighted by Gasteiger charge is -2.17. The van der Waals surface area contributed by atoms with Crippen LogP contribution in [0.25, 0.3) is 27.4 Å². The molecule has 0 saturated carbocycles. The van der Waals surface area contributed by atoms with Gasteiger partial charge < -0.3 is 9.47 Å². The molecule has 8 heteroatoms. The number of hydrogen-bond donors (Lipinski definition) is 0. The van der Waals surface area contributed by atoms with Crippen molar-refractivity contribution in [3.8, 4) is 17.2 Å². The van der Waals surface area contributed by atoms with Gasteiger partial charge in [0.25, 0.3) is 0 Å². The van der Waals surface area contributed by atoms with Crippen LogP contribution in [-0.2, 0) is 11.8 Å². The van der Waals surface area contributed by atoms with Gasteiger partial charge in [0.05, 0.1) is 27.4 Å². The quantitative estimate of drug-likeness (QED) is 0.282. The van der Waals surface area contributed by atoms with Crippen LogP contribution in [0.2, 0.25) is 0 Å². The van der Waals surface area contributed by atoms with Crippen molar-refractivity contribution in [3.05, 3.63) is 77.2 Å². The SMILES string of the molecule is Cc1ccc(C)c(-n2c(SCC(=O)N(C)c3ccccc3)nnc2-c2cc3sccc3n2C)c1. The van der Waals surface area contributed by atoms with Crippen LogP contribution >= 0.6 is 23.1 Å². The number of nitrogens with zero attached hydrogens (tertiary/aromatic N) is 5. The standard InChI is InChI=1S/C26H25N5OS2/c1-17-10-11-18(2)21(14-17)31-25(22-15-23-20(30(22)4)12-13-33-23)27-28-26(31)34-16-24(32)29(3)19-8-6-5-7-9-19/h5-15H,16H2,1-4H3. The number of aryl methyl sites for hydroxylation is 3. The summed E-state index contributed by atoms with van der Waals surface area (Å²) in [5.41, 5.74) is 6.34. The Labute approximate surface area is 206 Å². The van der Waals surface area contributed by atoms with Crippen molar-refractivity contribution >= 4 is 44.9 Å². The van der Waals surface area contributed by atoms with Gasteiger partial charge in [0.1, 0.15) is 0 Å². The number of benzene rings is 2. The van der Waals surface area contributed by atoms with Crippen LogP contribution < -0.4 is 4.90 Å². The fraction of sp³-hybridized carbons (Fsp3) is 0.192. The highest BCUT2D eigenvalue weighted by atomic mass is 32.2. The van der Waals surface area contributed by atoms with Gasteiger partial charge in [-0.2, -0.15) is 0 Å². The van der Waals surface area contributed by atoms with Crippen LogP contribution in [0.5, 0.6) is 0 Å². The Bertz CT molecular complexity index is 1480. The van der Waals surface area contributed by atoms with Gasteiger partial charge in [0, 0.05) is 19.8 Å². The minimum Gasteiger partial charge on any atom is -0.340 e. The van der Waals surface area contributed by atoms with Gasteiger partial charge in [0.15, 0.2) is 11.0 Å². The number of thiophene rings is 1. The zero-order valence-corrected chi connectivity index (χ0v) is 21.2. The number of carbonyl (C=O) groups excluding carboxylic acids is 1. The van der Waals surface area contributed by atoms with Gasteiger partial charge in [-0.05, 0) is 60.7 Å². The first kappa shape index (κ1) is 22.4. The van der Waals surface area contributed by atoms with Gasteiger partial charge in [0.2, 0.25) is 5.91 Å². The van der Waals surface area contributed by atoms with E-state index >= 15 is 0 Å². The predicted molar refractivity (Wildman–Crippen MR) is 141 cm³/mol. The van der Waals surface area contributed by atoms with Gasteiger partial charge in [-0.3, -0.25) is 9.36 Å². The molecule has 5 aromatic rings. The Morgan fingerprint density at radius 1 is 1.06 bits per heavy atom. The summed E-state index contributed by atoms with van der Waals surface area (Å²) in [4.78, 5) is 14.6. The molecule has 172 valence electrons. The van der Waals surface area contributed by atoms with E-state index in [1.54, 1.807) is 23.3 Å². The van der Waals surface area contributed by atoms with E-state index in [1.807, 2.05) is 30.3 Å². The van der Waals surface area contributed by atoms with Crippen molar-refractivity contribution in [2.24, 2.45) is 7.05 Å². The van der Waals surface area contributed by atoms with Gasteiger partial charge in [-0.1, -0.05) is 42.1 Å². The minimum atomic E-state index is 0.00708. The summed E-state index contributed by atoms with van der Waals surface area (Å²) in [5.74, 6) is 1.04. The van der Waals surface area contributed by atoms with Crippen LogP contribution in [0, 0.1) is 13.8 Å². The Hall–Kier alpha value is -3.36. The van der Waals surface area contributed by atoms with Crippen LogP contribution in [0.4, 0.5) is 5.69 Å². The highest BCUT2D eigenvalue weighted by Gasteiger charge is 2.22. The number of rotatable bonds is 6. The molecule has 0 unspecified atom stereocenters. The summed E-state index contributed by atoms with van der Waals surface area (Å²) in [5, 5.41) is 11.9. The number of anilines is 1. The molecule has 0 aliphatic rings. The van der Waals surface area contributed by atoms with Crippen molar-refractivity contribution in [3.63, 3.8) is 0 Å². The largest absolute Gasteiger partial charge is 0.340 e. The van der Waals surface area contributed by atoms with E-state index in [9.17, 15) is 4.79 Å². The van der Waals surface area contributed by atoms with Crippen molar-refractivity contribution in [1.82, 2.24) is 19.3 Å². The van der Waals surface area contributed by atoms with E-state index in [0.29, 0.717) is 5.16 Å². The molecule has 2 aromatic carbocycles. The maximum atomic E-state index is 12.9. The van der Waals surface area contributed by atoms with E-state index in [-0.39, 0.29) is 11.7 Å². The van der Waals surface area contributed by atoms with E-state index in [4.69, 9.17) is 0 Å². The molecule has 5 rings (SSSR count). The number of fused-ring (bicyclic) bond motifs is 1. The lowest BCUT2D eigenvalue weighted by molar-refractivity contribution is -0.115. The Kier molecular flexibility index (Phi) is 6.02. The Morgan fingerprint density at radius 2 is 1.85 bits per heavy atom. The van der Waals surface area contributed by atoms with Gasteiger partial charge >= 0.3 is 0 Å². The highest BCUT2D eigenvalue weighted by molar-refractivity contribution is 7.99. The fourth-order valence-electron chi connectivity index (χ4n) is 3.99. The fourth-order valence-corrected chi connectivity index (χ4v) is 5.70. The van der Waals surface area contributed by atoms with Gasteiger partial charge in [-0.25, -0.2) is 0 Å². The third kappa shape index (κ3) is 4.03. The second-order valence-electron chi connectivity index (χ2n) is 8.27. The number of carbonyl (C=O) groups is 1. The first-order chi connectivity index (χ1) is 16.4. The molecular weight excluding hydrogens is 462 g/mol. The van der Waals surface area contributed by atoms with Crippen LogP contribution in [0.1, 0.15) is 11.1 Å². The summed E-state index contributed by atoms with van der Waals surface area (Å²) >= 11 is 3.12. The lowest BCUT2D eigenvalue weighted by Crippen LogP contribution is -2.27. The molecule has 3 heterocycles. The number of hydrogen-bond acceptors (Lipinski definition) is 5. The summed E-state index contributed by atoms with van der Waals surface area (Å²) in [6, 6.07) is 20.3. The Morgan fingerprint density at radius 3 is 2.62 bits per heavy atom. The van der Waals surface area contributed by atoms with Crippen molar-refractivity contribution in [2.75, 3.05) is 17.7 Å². The normalized spacial score (nSPS) is 11.3. The molecule has 0 atom stereocenters. The third-order valence-corrected chi connectivity index (χ3v) is 7.74. The first-order valence-corrected chi connectivity index (χ1v) is 12.8. The lowest BCUT2D eigenvalue weighted by atomic mass is 10.1. The maximum absolute atomic E-state index is 12.9. The molecular formula is C26H25N5OS2. The topological polar surface area (TPSA) is 56.0 Å². The maximum Gasteiger partial charge on any atom is 0.237 e. The molecule has 0 spiro atoms. The molecule has 0 N–H and O–H groups in total.